The largest absolute Gasteiger partial charge is 0.494 e. The van der Waals surface area contributed by atoms with Crippen LogP contribution in [-0.4, -0.2) is 48.5 Å². The van der Waals surface area contributed by atoms with E-state index in [-0.39, 0.29) is 19.4 Å². The first-order valence-corrected chi connectivity index (χ1v) is 10.1. The van der Waals surface area contributed by atoms with Crippen LogP contribution >= 0.6 is 0 Å². The molecule has 1 unspecified atom stereocenters. The number of benzene rings is 1. The molecule has 11 heteroatoms. The van der Waals surface area contributed by atoms with Crippen LogP contribution in [-0.2, 0) is 18.9 Å². The summed E-state index contributed by atoms with van der Waals surface area (Å²) >= 11 is 0. The minimum atomic E-state index is -5.04. The van der Waals surface area contributed by atoms with Gasteiger partial charge in [0.25, 0.3) is 0 Å². The lowest BCUT2D eigenvalue weighted by Gasteiger charge is -2.32. The van der Waals surface area contributed by atoms with Gasteiger partial charge in [0.2, 0.25) is 5.91 Å². The maximum atomic E-state index is 12.6. The van der Waals surface area contributed by atoms with Crippen molar-refractivity contribution >= 4 is 24.4 Å². The highest BCUT2D eigenvalue weighted by molar-refractivity contribution is 6.62. The third-order valence-electron chi connectivity index (χ3n) is 6.44. The first-order chi connectivity index (χ1) is 14.2. The van der Waals surface area contributed by atoms with Crippen molar-refractivity contribution in [1.29, 1.82) is 0 Å². The molecule has 2 N–H and O–H groups in total. The van der Waals surface area contributed by atoms with Crippen molar-refractivity contribution in [2.75, 3.05) is 6.61 Å². The van der Waals surface area contributed by atoms with Crippen molar-refractivity contribution < 1.29 is 36.8 Å². The second kappa shape index (κ2) is 6.87. The van der Waals surface area contributed by atoms with Crippen LogP contribution in [0.5, 0.6) is 5.75 Å². The van der Waals surface area contributed by atoms with Crippen molar-refractivity contribution in [3.63, 3.8) is 0 Å². The Morgan fingerprint density at radius 1 is 1.10 bits per heavy atom. The molecule has 4 rings (SSSR count). The number of hydrogen-bond donors (Lipinski definition) is 2. The van der Waals surface area contributed by atoms with Crippen molar-refractivity contribution in [3.8, 4) is 5.75 Å². The summed E-state index contributed by atoms with van der Waals surface area (Å²) in [4.78, 5) is 23.8. The lowest BCUT2D eigenvalue weighted by Crippen LogP contribution is -2.53. The SMILES string of the molecule is CC1(C)OB(c2ccc3c(c2)OCC3NC(=O)C2(NC(=O)C(F)(F)F)CC2)OC1(C)C. The average Bonchev–Trinajstić information content (AvgIpc) is 3.27. The van der Waals surface area contributed by atoms with Gasteiger partial charge < -0.3 is 24.7 Å². The summed E-state index contributed by atoms with van der Waals surface area (Å²) in [6.45, 7) is 7.94. The molecule has 1 saturated heterocycles. The van der Waals surface area contributed by atoms with E-state index in [1.807, 2.05) is 39.1 Å². The fraction of sp³-hybridized carbons (Fsp3) is 0.600. The molecule has 1 aromatic carbocycles. The summed E-state index contributed by atoms with van der Waals surface area (Å²) in [5, 5.41) is 4.52. The van der Waals surface area contributed by atoms with Gasteiger partial charge in [0.15, 0.2) is 0 Å². The molecule has 1 atom stereocenters. The molecule has 1 saturated carbocycles. The number of fused-ring (bicyclic) bond motifs is 1. The van der Waals surface area contributed by atoms with Crippen LogP contribution in [0.4, 0.5) is 13.2 Å². The van der Waals surface area contributed by atoms with Crippen molar-refractivity contribution in [2.24, 2.45) is 0 Å². The summed E-state index contributed by atoms with van der Waals surface area (Å²) in [7, 11) is -0.570. The number of alkyl halides is 3. The van der Waals surface area contributed by atoms with E-state index in [0.717, 1.165) is 5.46 Å². The van der Waals surface area contributed by atoms with Gasteiger partial charge in [-0.3, -0.25) is 9.59 Å². The Bertz CT molecular complexity index is 914. The summed E-state index contributed by atoms with van der Waals surface area (Å²) in [6.07, 6.45) is -4.73. The molecule has 0 bridgehead atoms. The monoisotopic (exact) mass is 440 g/mol. The van der Waals surface area contributed by atoms with E-state index in [1.54, 1.807) is 12.1 Å². The second-order valence-electron chi connectivity index (χ2n) is 9.26. The number of rotatable bonds is 4. The van der Waals surface area contributed by atoms with Crippen LogP contribution in [0, 0.1) is 0 Å². The molecule has 2 heterocycles. The van der Waals surface area contributed by atoms with Crippen LogP contribution in [0.3, 0.4) is 0 Å². The van der Waals surface area contributed by atoms with E-state index >= 15 is 0 Å². The number of ether oxygens (including phenoxy) is 1. The Morgan fingerprint density at radius 2 is 1.71 bits per heavy atom. The first kappa shape index (κ1) is 21.9. The van der Waals surface area contributed by atoms with Crippen LogP contribution < -0.4 is 20.8 Å². The van der Waals surface area contributed by atoms with Gasteiger partial charge in [-0.05, 0) is 52.1 Å². The molecule has 0 aromatic heterocycles. The van der Waals surface area contributed by atoms with E-state index in [4.69, 9.17) is 14.0 Å². The fourth-order valence-electron chi connectivity index (χ4n) is 3.59. The Hall–Kier alpha value is -2.27. The van der Waals surface area contributed by atoms with Gasteiger partial charge in [-0.2, -0.15) is 13.2 Å². The molecule has 0 radical (unpaired) electrons. The predicted molar refractivity (Wildman–Crippen MR) is 105 cm³/mol. The topological polar surface area (TPSA) is 85.9 Å². The smallest absolute Gasteiger partial charge is 0.491 e. The second-order valence-corrected chi connectivity index (χ2v) is 9.26. The van der Waals surface area contributed by atoms with Crippen molar-refractivity contribution in [2.45, 2.75) is 69.5 Å². The molecule has 7 nitrogen and oxygen atoms in total. The van der Waals surface area contributed by atoms with Crippen LogP contribution in [0.25, 0.3) is 0 Å². The number of amides is 2. The van der Waals surface area contributed by atoms with E-state index in [0.29, 0.717) is 11.3 Å². The van der Waals surface area contributed by atoms with Crippen LogP contribution in [0.15, 0.2) is 18.2 Å². The zero-order chi connectivity index (χ0) is 22.8. The molecule has 2 amide bonds. The maximum Gasteiger partial charge on any atom is 0.494 e. The highest BCUT2D eigenvalue weighted by atomic mass is 19.4. The van der Waals surface area contributed by atoms with Gasteiger partial charge in [-0.25, -0.2) is 0 Å². The summed E-state index contributed by atoms with van der Waals surface area (Å²) in [6, 6.07) is 4.84. The average molecular weight is 440 g/mol. The molecule has 168 valence electrons. The molecule has 31 heavy (non-hydrogen) atoms. The molecular weight excluding hydrogens is 416 g/mol. The number of hydrogen-bond acceptors (Lipinski definition) is 5. The van der Waals surface area contributed by atoms with E-state index in [9.17, 15) is 22.8 Å². The van der Waals surface area contributed by atoms with Crippen molar-refractivity contribution in [3.05, 3.63) is 23.8 Å². The standard InChI is InChI=1S/C20H24BF3N2O5/c1-17(2)18(3,4)31-21(30-17)11-5-6-12-13(10-29-14(12)9-11)25-15(27)19(7-8-19)26-16(28)20(22,23)24/h5-6,9,13H,7-8,10H2,1-4H3,(H,25,27)(H,26,28). The van der Waals surface area contributed by atoms with Gasteiger partial charge in [0.05, 0.1) is 17.2 Å². The molecule has 3 aliphatic rings. The lowest BCUT2D eigenvalue weighted by molar-refractivity contribution is -0.175. The summed E-state index contributed by atoms with van der Waals surface area (Å²) in [5.41, 5.74) is -1.04. The quantitative estimate of drug-likeness (QED) is 0.698. The van der Waals surface area contributed by atoms with Crippen LogP contribution in [0.2, 0.25) is 0 Å². The maximum absolute atomic E-state index is 12.6. The third-order valence-corrected chi connectivity index (χ3v) is 6.44. The molecule has 2 aliphatic heterocycles. The number of carbonyl (C=O) groups excluding carboxylic acids is 2. The highest BCUT2D eigenvalue weighted by Crippen LogP contribution is 2.40. The summed E-state index contributed by atoms with van der Waals surface area (Å²) < 4.78 is 55.4. The normalized spacial score (nSPS) is 24.9. The van der Waals surface area contributed by atoms with Gasteiger partial charge >= 0.3 is 19.2 Å². The Labute approximate surface area is 178 Å². The van der Waals surface area contributed by atoms with Gasteiger partial charge in [-0.15, -0.1) is 0 Å². The van der Waals surface area contributed by atoms with Gasteiger partial charge in [0.1, 0.15) is 17.9 Å². The highest BCUT2D eigenvalue weighted by Gasteiger charge is 2.56. The van der Waals surface area contributed by atoms with E-state index in [2.05, 4.69) is 5.32 Å². The molecule has 1 aliphatic carbocycles. The number of halogens is 3. The van der Waals surface area contributed by atoms with Gasteiger partial charge in [-0.1, -0.05) is 12.1 Å². The number of carbonyl (C=O) groups is 2. The Balaban J connectivity index is 1.44. The van der Waals surface area contributed by atoms with Crippen LogP contribution in [0.1, 0.15) is 52.1 Å². The zero-order valence-electron chi connectivity index (χ0n) is 17.7. The molecule has 1 aromatic rings. The minimum Gasteiger partial charge on any atom is -0.491 e. The third kappa shape index (κ3) is 3.89. The fourth-order valence-corrected chi connectivity index (χ4v) is 3.59. The molecule has 2 fully saturated rings. The predicted octanol–water partition coefficient (Wildman–Crippen LogP) is 1.75. The minimum absolute atomic E-state index is 0.136. The zero-order valence-corrected chi connectivity index (χ0v) is 17.7. The first-order valence-electron chi connectivity index (χ1n) is 10.1. The van der Waals surface area contributed by atoms with Crippen molar-refractivity contribution in [1.82, 2.24) is 10.6 Å². The molecular formula is C20H24BF3N2O5. The van der Waals surface area contributed by atoms with E-state index in [1.165, 1.54) is 0 Å². The lowest BCUT2D eigenvalue weighted by atomic mass is 9.78. The van der Waals surface area contributed by atoms with Gasteiger partial charge in [0, 0.05) is 5.56 Å². The Morgan fingerprint density at radius 3 is 2.26 bits per heavy atom. The summed E-state index contributed by atoms with van der Waals surface area (Å²) in [5.74, 6) is -2.22. The Kier molecular flexibility index (Phi) is 4.86. The number of nitrogens with one attached hydrogen (secondary N) is 2. The molecule has 0 spiro atoms. The van der Waals surface area contributed by atoms with E-state index < -0.39 is 47.9 Å².